The lowest BCUT2D eigenvalue weighted by Crippen LogP contribution is -2.17. The zero-order chi connectivity index (χ0) is 14.0. The minimum Gasteiger partial charge on any atom is -0.408 e. The van der Waals surface area contributed by atoms with Crippen molar-refractivity contribution in [3.05, 3.63) is 28.7 Å². The third kappa shape index (κ3) is 2.63. The molecule has 0 saturated heterocycles. The summed E-state index contributed by atoms with van der Waals surface area (Å²) in [5.41, 5.74) is 2.16. The topological polar surface area (TPSA) is 71.0 Å². The van der Waals surface area contributed by atoms with Crippen molar-refractivity contribution in [3.63, 3.8) is 0 Å². The Bertz CT molecular complexity index is 676. The van der Waals surface area contributed by atoms with Gasteiger partial charge in [-0.1, -0.05) is 13.8 Å². The predicted molar refractivity (Wildman–Crippen MR) is 73.9 cm³/mol. The molecule has 1 atom stereocenters. The molecule has 2 rings (SSSR count). The first kappa shape index (κ1) is 13.2. The molecule has 5 heteroatoms. The highest BCUT2D eigenvalue weighted by Gasteiger charge is 2.12. The molecule has 19 heavy (non-hydrogen) atoms. The quantitative estimate of drug-likeness (QED) is 0.914. The molecule has 0 aliphatic heterocycles. The van der Waals surface area contributed by atoms with E-state index >= 15 is 0 Å². The number of hydrogen-bond acceptors (Lipinski definition) is 4. The molecule has 2 aromatic rings. The van der Waals surface area contributed by atoms with E-state index in [4.69, 9.17) is 9.68 Å². The van der Waals surface area contributed by atoms with E-state index in [2.05, 4.69) is 11.4 Å². The molecule has 1 aromatic heterocycles. The first-order valence-electron chi connectivity index (χ1n) is 6.26. The molecule has 100 valence electrons. The second kappa shape index (κ2) is 5.19. The highest BCUT2D eigenvalue weighted by Crippen LogP contribution is 2.19. The summed E-state index contributed by atoms with van der Waals surface area (Å²) in [6.07, 6.45) is 0. The average Bonchev–Trinajstić information content (AvgIpc) is 2.65. The highest BCUT2D eigenvalue weighted by molar-refractivity contribution is 5.77. The molecule has 0 aliphatic rings. The molecule has 1 unspecified atom stereocenters. The Morgan fingerprint density at radius 3 is 2.84 bits per heavy atom. The number of benzene rings is 1. The van der Waals surface area contributed by atoms with Gasteiger partial charge in [0.1, 0.15) is 0 Å². The summed E-state index contributed by atoms with van der Waals surface area (Å²) in [6.45, 7) is 4.63. The van der Waals surface area contributed by atoms with Crippen LogP contribution in [0.4, 0.5) is 5.69 Å². The van der Waals surface area contributed by atoms with E-state index in [-0.39, 0.29) is 11.7 Å². The van der Waals surface area contributed by atoms with E-state index in [0.29, 0.717) is 18.0 Å². The molecule has 0 fully saturated rings. The number of anilines is 1. The van der Waals surface area contributed by atoms with Crippen LogP contribution in [0, 0.1) is 23.2 Å². The van der Waals surface area contributed by atoms with Crippen molar-refractivity contribution < 1.29 is 4.42 Å². The van der Waals surface area contributed by atoms with Gasteiger partial charge >= 0.3 is 5.76 Å². The van der Waals surface area contributed by atoms with Gasteiger partial charge in [-0.2, -0.15) is 5.26 Å². The third-order valence-corrected chi connectivity index (χ3v) is 3.29. The van der Waals surface area contributed by atoms with Crippen LogP contribution in [-0.4, -0.2) is 11.1 Å². The number of nitriles is 1. The Hall–Kier alpha value is -2.22. The monoisotopic (exact) mass is 259 g/mol. The van der Waals surface area contributed by atoms with Crippen molar-refractivity contribution in [3.8, 4) is 6.07 Å². The maximum atomic E-state index is 11.4. The molecule has 0 bridgehead atoms. The number of rotatable bonds is 4. The van der Waals surface area contributed by atoms with Gasteiger partial charge in [0, 0.05) is 25.3 Å². The van der Waals surface area contributed by atoms with E-state index in [1.807, 2.05) is 26.0 Å². The maximum Gasteiger partial charge on any atom is 0.419 e. The van der Waals surface area contributed by atoms with Gasteiger partial charge in [0.25, 0.3) is 0 Å². The third-order valence-electron chi connectivity index (χ3n) is 3.29. The van der Waals surface area contributed by atoms with Crippen molar-refractivity contribution >= 4 is 16.8 Å². The largest absolute Gasteiger partial charge is 0.419 e. The van der Waals surface area contributed by atoms with Crippen LogP contribution in [0.2, 0.25) is 0 Å². The van der Waals surface area contributed by atoms with Crippen LogP contribution in [0.3, 0.4) is 0 Å². The van der Waals surface area contributed by atoms with Gasteiger partial charge in [0.2, 0.25) is 0 Å². The molecular formula is C14H17N3O2. The first-order valence-corrected chi connectivity index (χ1v) is 6.26. The number of aryl methyl sites for hydroxylation is 1. The smallest absolute Gasteiger partial charge is 0.408 e. The van der Waals surface area contributed by atoms with E-state index in [0.717, 1.165) is 11.2 Å². The van der Waals surface area contributed by atoms with Crippen molar-refractivity contribution in [2.45, 2.75) is 13.8 Å². The predicted octanol–water partition coefficient (Wildman–Crippen LogP) is 2.34. The summed E-state index contributed by atoms with van der Waals surface area (Å²) in [7, 11) is 1.67. The lowest BCUT2D eigenvalue weighted by molar-refractivity contribution is 0.496. The molecule has 1 N–H and O–H groups in total. The zero-order valence-corrected chi connectivity index (χ0v) is 11.3. The van der Waals surface area contributed by atoms with Crippen molar-refractivity contribution in [2.24, 2.45) is 18.9 Å². The minimum atomic E-state index is -0.371. The second-order valence-electron chi connectivity index (χ2n) is 4.97. The van der Waals surface area contributed by atoms with Crippen LogP contribution in [0.15, 0.2) is 27.4 Å². The van der Waals surface area contributed by atoms with Crippen LogP contribution in [0.1, 0.15) is 13.8 Å². The molecule has 1 heterocycles. The van der Waals surface area contributed by atoms with Gasteiger partial charge in [-0.05, 0) is 18.1 Å². The SMILES string of the molecule is CC(C)C(C#N)CNc1ccc2c(c1)oc(=O)n2C. The van der Waals surface area contributed by atoms with Gasteiger partial charge in [-0.15, -0.1) is 0 Å². The van der Waals surface area contributed by atoms with Gasteiger partial charge < -0.3 is 9.73 Å². The van der Waals surface area contributed by atoms with Crippen LogP contribution >= 0.6 is 0 Å². The normalized spacial score (nSPS) is 12.6. The van der Waals surface area contributed by atoms with Crippen LogP contribution in [0.5, 0.6) is 0 Å². The molecule has 0 spiro atoms. The molecule has 5 nitrogen and oxygen atoms in total. The van der Waals surface area contributed by atoms with Gasteiger partial charge in [0.15, 0.2) is 5.58 Å². The maximum absolute atomic E-state index is 11.4. The van der Waals surface area contributed by atoms with E-state index in [1.165, 1.54) is 4.57 Å². The summed E-state index contributed by atoms with van der Waals surface area (Å²) < 4.78 is 6.59. The number of oxazole rings is 1. The molecule has 1 aromatic carbocycles. The minimum absolute atomic E-state index is 0.0431. The molecule has 0 saturated carbocycles. The summed E-state index contributed by atoms with van der Waals surface area (Å²) in [5, 5.41) is 12.2. The Balaban J connectivity index is 2.19. The fourth-order valence-electron chi connectivity index (χ4n) is 1.90. The first-order chi connectivity index (χ1) is 9.02. The van der Waals surface area contributed by atoms with E-state index < -0.39 is 0 Å². The van der Waals surface area contributed by atoms with Gasteiger partial charge in [-0.3, -0.25) is 4.57 Å². The number of fused-ring (bicyclic) bond motifs is 1. The van der Waals surface area contributed by atoms with Gasteiger partial charge in [-0.25, -0.2) is 4.79 Å². The lowest BCUT2D eigenvalue weighted by Gasteiger charge is -2.14. The zero-order valence-electron chi connectivity index (χ0n) is 11.3. The van der Waals surface area contributed by atoms with Crippen molar-refractivity contribution in [1.29, 1.82) is 5.26 Å². The number of hydrogen-bond donors (Lipinski definition) is 1. The fourth-order valence-corrected chi connectivity index (χ4v) is 1.90. The van der Waals surface area contributed by atoms with E-state index in [1.54, 1.807) is 13.1 Å². The number of aromatic nitrogens is 1. The standard InChI is InChI=1S/C14H17N3O2/c1-9(2)10(7-15)8-16-11-4-5-12-13(6-11)19-14(18)17(12)3/h4-6,9-10,16H,8H2,1-3H3. The second-order valence-corrected chi connectivity index (χ2v) is 4.97. The molecule has 0 aliphatic carbocycles. The Morgan fingerprint density at radius 1 is 1.47 bits per heavy atom. The Kier molecular flexibility index (Phi) is 3.61. The Labute approximate surface area is 111 Å². The van der Waals surface area contributed by atoms with E-state index in [9.17, 15) is 4.79 Å². The number of nitrogens with zero attached hydrogens (tertiary/aromatic N) is 2. The fraction of sp³-hybridized carbons (Fsp3) is 0.429. The summed E-state index contributed by atoms with van der Waals surface area (Å²) in [6, 6.07) is 7.78. The molecular weight excluding hydrogens is 242 g/mol. The van der Waals surface area contributed by atoms with Crippen molar-refractivity contribution in [2.75, 3.05) is 11.9 Å². The average molecular weight is 259 g/mol. The molecule has 0 amide bonds. The van der Waals surface area contributed by atoms with Crippen LogP contribution in [0.25, 0.3) is 11.1 Å². The van der Waals surface area contributed by atoms with Crippen molar-refractivity contribution in [1.82, 2.24) is 4.57 Å². The molecule has 0 radical (unpaired) electrons. The Morgan fingerprint density at radius 2 is 2.21 bits per heavy atom. The highest BCUT2D eigenvalue weighted by atomic mass is 16.4. The van der Waals surface area contributed by atoms with Crippen LogP contribution in [-0.2, 0) is 7.05 Å². The summed E-state index contributed by atoms with van der Waals surface area (Å²) >= 11 is 0. The summed E-state index contributed by atoms with van der Waals surface area (Å²) in [5.74, 6) is -0.112. The number of nitrogens with one attached hydrogen (secondary N) is 1. The lowest BCUT2D eigenvalue weighted by atomic mass is 9.97. The van der Waals surface area contributed by atoms with Crippen LogP contribution < -0.4 is 11.1 Å². The summed E-state index contributed by atoms with van der Waals surface area (Å²) in [4.78, 5) is 11.4. The van der Waals surface area contributed by atoms with Gasteiger partial charge in [0.05, 0.1) is 17.5 Å².